The second-order valence-electron chi connectivity index (χ2n) is 9.19. The fourth-order valence-electron chi connectivity index (χ4n) is 4.57. The molecular weight excluding hydrogens is 555 g/mol. The van der Waals surface area contributed by atoms with Crippen LogP contribution in [0.5, 0.6) is 11.5 Å². The first-order valence-electron chi connectivity index (χ1n) is 12.0. The number of nitrogens with zero attached hydrogens (tertiary/aromatic N) is 3. The molecule has 0 radical (unpaired) electrons. The number of rotatable bonds is 9. The number of hydrogen-bond acceptors (Lipinski definition) is 7. The SMILES string of the molecule is C#CC(O/N=C1/c2cc(OC)c(OC)cc2-c2[nH]c3ccc(N(C)CCN(C)C)cc3c21)c1cccs1.Cl.Cl. The maximum absolute atomic E-state index is 5.98. The lowest BCUT2D eigenvalue weighted by atomic mass is 10.0. The maximum atomic E-state index is 5.98. The lowest BCUT2D eigenvalue weighted by Crippen LogP contribution is -2.28. The summed E-state index contributed by atoms with van der Waals surface area (Å²) in [7, 11) is 9.54. The van der Waals surface area contributed by atoms with Crippen molar-refractivity contribution in [1.82, 2.24) is 9.88 Å². The molecule has 2 aromatic carbocycles. The number of H-pyrrole nitrogens is 1. The third-order valence-corrected chi connectivity index (χ3v) is 7.51. The first-order valence-corrected chi connectivity index (χ1v) is 12.8. The van der Waals surface area contributed by atoms with E-state index in [1.165, 1.54) is 0 Å². The fourth-order valence-corrected chi connectivity index (χ4v) is 5.27. The lowest BCUT2D eigenvalue weighted by molar-refractivity contribution is 0.103. The molecule has 0 saturated heterocycles. The zero-order valence-electron chi connectivity index (χ0n) is 22.5. The molecule has 2 aromatic heterocycles. The minimum atomic E-state index is -0.571. The van der Waals surface area contributed by atoms with Gasteiger partial charge in [0.1, 0.15) is 5.71 Å². The standard InChI is InChI=1S/C29H30N4O3S.2ClH/c1-7-23(26-9-8-14-37-26)36-31-29-20-17-25(35-6)24(34-5)16-19(20)28-27(29)21-15-18(10-11-22(21)30-28)33(4)13-12-32(2)3;;/h1,8-11,14-17,23,30H,12-13H2,2-6H3;2*1H/b31-29-;;. The lowest BCUT2D eigenvalue weighted by Gasteiger charge is -2.21. The number of hydrogen-bond donors (Lipinski definition) is 1. The number of terminal acetylenes is 1. The number of thiophene rings is 1. The van der Waals surface area contributed by atoms with Crippen LogP contribution in [0.25, 0.3) is 22.2 Å². The number of methoxy groups -OCH3 is 2. The van der Waals surface area contributed by atoms with E-state index in [-0.39, 0.29) is 24.8 Å². The van der Waals surface area contributed by atoms with Gasteiger partial charge in [-0.2, -0.15) is 0 Å². The first kappa shape index (κ1) is 30.2. The van der Waals surface area contributed by atoms with Gasteiger partial charge < -0.3 is 29.1 Å². The highest BCUT2D eigenvalue weighted by molar-refractivity contribution is 7.10. The van der Waals surface area contributed by atoms with E-state index in [4.69, 9.17) is 20.7 Å². The van der Waals surface area contributed by atoms with Crippen molar-refractivity contribution in [3.8, 4) is 35.1 Å². The third kappa shape index (κ3) is 5.68. The number of benzene rings is 2. The molecule has 0 saturated carbocycles. The number of aromatic nitrogens is 1. The van der Waals surface area contributed by atoms with Gasteiger partial charge in [-0.15, -0.1) is 42.6 Å². The summed E-state index contributed by atoms with van der Waals surface area (Å²) in [5.41, 5.74) is 6.68. The predicted molar refractivity (Wildman–Crippen MR) is 166 cm³/mol. The van der Waals surface area contributed by atoms with Crippen LogP contribution in [0, 0.1) is 12.3 Å². The highest BCUT2D eigenvalue weighted by atomic mass is 35.5. The number of fused-ring (bicyclic) bond motifs is 5. The molecule has 10 heteroatoms. The minimum absolute atomic E-state index is 0. The van der Waals surface area contributed by atoms with Crippen molar-refractivity contribution in [3.63, 3.8) is 0 Å². The van der Waals surface area contributed by atoms with Gasteiger partial charge in [0.15, 0.2) is 11.5 Å². The fraction of sp³-hybridized carbons (Fsp3) is 0.276. The molecule has 7 nitrogen and oxygen atoms in total. The zero-order chi connectivity index (χ0) is 26.1. The van der Waals surface area contributed by atoms with Crippen LogP contribution >= 0.6 is 36.2 Å². The Morgan fingerprint density at radius 3 is 2.33 bits per heavy atom. The Morgan fingerprint density at radius 1 is 1.00 bits per heavy atom. The predicted octanol–water partition coefficient (Wildman–Crippen LogP) is 6.21. The number of likely N-dealkylation sites (N-methyl/N-ethyl adjacent to an activating group) is 2. The second kappa shape index (κ2) is 12.7. The van der Waals surface area contributed by atoms with Crippen LogP contribution in [0.3, 0.4) is 0 Å². The van der Waals surface area contributed by atoms with Crippen molar-refractivity contribution in [2.24, 2.45) is 5.16 Å². The van der Waals surface area contributed by atoms with E-state index < -0.39 is 6.10 Å². The number of anilines is 1. The second-order valence-corrected chi connectivity index (χ2v) is 10.2. The van der Waals surface area contributed by atoms with E-state index in [1.807, 2.05) is 29.6 Å². The highest BCUT2D eigenvalue weighted by Crippen LogP contribution is 2.46. The van der Waals surface area contributed by atoms with E-state index in [0.29, 0.717) is 17.2 Å². The van der Waals surface area contributed by atoms with Crippen LogP contribution in [0.15, 0.2) is 53.0 Å². The van der Waals surface area contributed by atoms with Gasteiger partial charge in [0.05, 0.1) is 24.8 Å². The molecule has 1 unspecified atom stereocenters. The Morgan fingerprint density at radius 2 is 1.72 bits per heavy atom. The average molecular weight is 588 g/mol. The number of halogens is 2. The normalized spacial score (nSPS) is 13.2. The van der Waals surface area contributed by atoms with Gasteiger partial charge in [0.25, 0.3) is 0 Å². The van der Waals surface area contributed by atoms with Crippen molar-refractivity contribution in [1.29, 1.82) is 0 Å². The van der Waals surface area contributed by atoms with E-state index >= 15 is 0 Å². The van der Waals surface area contributed by atoms with Crippen LogP contribution in [0.4, 0.5) is 5.69 Å². The molecule has 5 rings (SSSR count). The molecule has 0 fully saturated rings. The van der Waals surface area contributed by atoms with Crippen molar-refractivity contribution in [2.45, 2.75) is 6.10 Å². The summed E-state index contributed by atoms with van der Waals surface area (Å²) in [6, 6.07) is 14.3. The average Bonchev–Trinajstić information content (AvgIpc) is 3.63. The molecule has 2 heterocycles. The minimum Gasteiger partial charge on any atom is -0.493 e. The van der Waals surface area contributed by atoms with Crippen LogP contribution in [0.1, 0.15) is 22.1 Å². The van der Waals surface area contributed by atoms with E-state index in [9.17, 15) is 0 Å². The Kier molecular flexibility index (Phi) is 9.81. The number of ether oxygens (including phenoxy) is 2. The molecule has 0 aliphatic heterocycles. The van der Waals surface area contributed by atoms with Crippen LogP contribution in [-0.2, 0) is 4.84 Å². The van der Waals surface area contributed by atoms with Crippen LogP contribution in [-0.4, -0.2) is 64.0 Å². The summed E-state index contributed by atoms with van der Waals surface area (Å²) in [5, 5.41) is 7.70. The van der Waals surface area contributed by atoms with Gasteiger partial charge in [0.2, 0.25) is 6.10 Å². The van der Waals surface area contributed by atoms with Gasteiger partial charge >= 0.3 is 0 Å². The van der Waals surface area contributed by atoms with Gasteiger partial charge in [-0.05, 0) is 55.9 Å². The summed E-state index contributed by atoms with van der Waals surface area (Å²) < 4.78 is 11.2. The molecule has 0 amide bonds. The van der Waals surface area contributed by atoms with Crippen LogP contribution < -0.4 is 14.4 Å². The molecule has 39 heavy (non-hydrogen) atoms. The number of oxime groups is 1. The Labute approximate surface area is 245 Å². The van der Waals surface area contributed by atoms with Gasteiger partial charge in [-0.3, -0.25) is 0 Å². The molecule has 4 aromatic rings. The smallest absolute Gasteiger partial charge is 0.221 e. The van der Waals surface area contributed by atoms with E-state index in [1.54, 1.807) is 25.6 Å². The molecular formula is C29H32Cl2N4O3S. The van der Waals surface area contributed by atoms with Crippen molar-refractivity contribution in [3.05, 3.63) is 63.8 Å². The summed E-state index contributed by atoms with van der Waals surface area (Å²) in [4.78, 5) is 14.9. The number of nitrogens with one attached hydrogen (secondary N) is 1. The molecule has 1 aliphatic carbocycles. The zero-order valence-corrected chi connectivity index (χ0v) is 24.9. The Hall–Kier alpha value is -3.35. The first-order chi connectivity index (χ1) is 17.9. The topological polar surface area (TPSA) is 62.3 Å². The van der Waals surface area contributed by atoms with Crippen molar-refractivity contribution in [2.75, 3.05) is 53.4 Å². The highest BCUT2D eigenvalue weighted by Gasteiger charge is 2.32. The summed E-state index contributed by atoms with van der Waals surface area (Å²) in [6.45, 7) is 1.87. The Bertz CT molecular complexity index is 1510. The van der Waals surface area contributed by atoms with Crippen LogP contribution in [0.2, 0.25) is 0 Å². The summed E-state index contributed by atoms with van der Waals surface area (Å²) in [5.74, 6) is 3.99. The molecule has 0 spiro atoms. The van der Waals surface area contributed by atoms with Gasteiger partial charge in [-0.25, -0.2) is 0 Å². The quantitative estimate of drug-likeness (QED) is 0.164. The molecule has 206 valence electrons. The molecule has 1 aliphatic rings. The maximum Gasteiger partial charge on any atom is 0.221 e. The van der Waals surface area contributed by atoms with Gasteiger partial charge in [-0.1, -0.05) is 17.1 Å². The Balaban J connectivity index is 0.00000210. The van der Waals surface area contributed by atoms with Crippen molar-refractivity contribution < 1.29 is 14.3 Å². The third-order valence-electron chi connectivity index (χ3n) is 6.59. The molecule has 1 N–H and O–H groups in total. The van der Waals surface area contributed by atoms with Gasteiger partial charge in [0, 0.05) is 53.4 Å². The van der Waals surface area contributed by atoms with Crippen molar-refractivity contribution >= 4 is 58.5 Å². The monoisotopic (exact) mass is 586 g/mol. The molecule has 1 atom stereocenters. The summed E-state index contributed by atoms with van der Waals surface area (Å²) >= 11 is 1.55. The summed E-state index contributed by atoms with van der Waals surface area (Å²) in [6.07, 6.45) is 5.23. The van der Waals surface area contributed by atoms with E-state index in [0.717, 1.165) is 56.9 Å². The van der Waals surface area contributed by atoms with E-state index in [2.05, 4.69) is 65.2 Å². The molecule has 0 bridgehead atoms. The largest absolute Gasteiger partial charge is 0.493 e. The number of aromatic amines is 1.